The van der Waals surface area contributed by atoms with Crippen molar-refractivity contribution in [2.45, 2.75) is 18.9 Å². The minimum atomic E-state index is 0.220. The lowest BCUT2D eigenvalue weighted by atomic mass is 10.2. The number of carbonyl (C=O) groups excluding carboxylic acids is 2. The molecule has 1 aliphatic carbocycles. The maximum absolute atomic E-state index is 10.7. The van der Waals surface area contributed by atoms with E-state index in [0.29, 0.717) is 23.9 Å². The van der Waals surface area contributed by atoms with E-state index in [-0.39, 0.29) is 11.8 Å². The molecule has 4 heteroatoms. The third kappa shape index (κ3) is 1.79. The van der Waals surface area contributed by atoms with E-state index in [1.165, 1.54) is 12.3 Å². The predicted octanol–water partition coefficient (Wildman–Crippen LogP) is 1.25. The highest BCUT2D eigenvalue weighted by Crippen LogP contribution is 2.28. The summed E-state index contributed by atoms with van der Waals surface area (Å²) >= 11 is 0. The molecule has 1 fully saturated rings. The van der Waals surface area contributed by atoms with Crippen molar-refractivity contribution in [3.63, 3.8) is 0 Å². The summed E-state index contributed by atoms with van der Waals surface area (Å²) in [5.74, 6) is 0.466. The van der Waals surface area contributed by atoms with Gasteiger partial charge in [-0.15, -0.1) is 0 Å². The van der Waals surface area contributed by atoms with Gasteiger partial charge in [-0.2, -0.15) is 0 Å². The minimum absolute atomic E-state index is 0.220. The van der Waals surface area contributed by atoms with Crippen molar-refractivity contribution in [3.05, 3.63) is 23.5 Å². The van der Waals surface area contributed by atoms with Crippen molar-refractivity contribution in [1.82, 2.24) is 4.98 Å². The molecule has 2 rings (SSSR count). The van der Waals surface area contributed by atoms with Gasteiger partial charge in [-0.05, 0) is 18.9 Å². The number of hydrogen-bond acceptors (Lipinski definition) is 4. The zero-order chi connectivity index (χ0) is 9.97. The van der Waals surface area contributed by atoms with Crippen molar-refractivity contribution >= 4 is 12.6 Å². The lowest BCUT2D eigenvalue weighted by molar-refractivity contribution is 0.111. The number of nitrogens with zero attached hydrogens (tertiary/aromatic N) is 1. The Bertz CT molecular complexity index is 372. The van der Waals surface area contributed by atoms with Crippen molar-refractivity contribution in [2.24, 2.45) is 0 Å². The molecule has 0 aliphatic heterocycles. The Labute approximate surface area is 80.9 Å². The molecule has 1 saturated carbocycles. The molecule has 0 bridgehead atoms. The van der Waals surface area contributed by atoms with Crippen LogP contribution in [0.4, 0.5) is 0 Å². The highest BCUT2D eigenvalue weighted by molar-refractivity contribution is 5.83. The van der Waals surface area contributed by atoms with Gasteiger partial charge in [0.05, 0.1) is 17.9 Å². The second-order valence-corrected chi connectivity index (χ2v) is 3.20. The van der Waals surface area contributed by atoms with Gasteiger partial charge < -0.3 is 4.74 Å². The number of ether oxygens (including phenoxy) is 1. The molecule has 0 radical (unpaired) electrons. The SMILES string of the molecule is O=Cc1cc(C=O)c(OC2CC2)cn1. The van der Waals surface area contributed by atoms with E-state index < -0.39 is 0 Å². The van der Waals surface area contributed by atoms with Crippen LogP contribution >= 0.6 is 0 Å². The standard InChI is InChI=1S/C10H9NO3/c12-5-7-3-8(6-13)11-4-10(7)14-9-1-2-9/h3-6,9H,1-2H2. The molecule has 0 N–H and O–H groups in total. The van der Waals surface area contributed by atoms with Crippen LogP contribution in [-0.4, -0.2) is 23.7 Å². The van der Waals surface area contributed by atoms with Gasteiger partial charge in [0.2, 0.25) is 0 Å². The second kappa shape index (κ2) is 3.57. The van der Waals surface area contributed by atoms with Crippen molar-refractivity contribution in [1.29, 1.82) is 0 Å². The van der Waals surface area contributed by atoms with Crippen LogP contribution < -0.4 is 4.74 Å². The molecule has 0 amide bonds. The van der Waals surface area contributed by atoms with Crippen molar-refractivity contribution in [3.8, 4) is 5.75 Å². The van der Waals surface area contributed by atoms with Gasteiger partial charge in [-0.1, -0.05) is 0 Å². The third-order valence-corrected chi connectivity index (χ3v) is 1.98. The van der Waals surface area contributed by atoms with Crippen LogP contribution in [0.3, 0.4) is 0 Å². The Hall–Kier alpha value is -1.71. The van der Waals surface area contributed by atoms with Crippen LogP contribution in [0.25, 0.3) is 0 Å². The average Bonchev–Trinajstić information content (AvgIpc) is 3.02. The summed E-state index contributed by atoms with van der Waals surface area (Å²) in [7, 11) is 0. The topological polar surface area (TPSA) is 56.3 Å². The molecule has 14 heavy (non-hydrogen) atoms. The molecule has 0 unspecified atom stereocenters. The quantitative estimate of drug-likeness (QED) is 0.672. The normalized spacial score (nSPS) is 14.9. The van der Waals surface area contributed by atoms with E-state index in [4.69, 9.17) is 4.74 Å². The van der Waals surface area contributed by atoms with E-state index in [0.717, 1.165) is 12.8 Å². The van der Waals surface area contributed by atoms with Crippen molar-refractivity contribution < 1.29 is 14.3 Å². The Morgan fingerprint density at radius 3 is 2.71 bits per heavy atom. The fourth-order valence-corrected chi connectivity index (χ4v) is 1.10. The molecule has 1 heterocycles. The highest BCUT2D eigenvalue weighted by atomic mass is 16.5. The lowest BCUT2D eigenvalue weighted by Crippen LogP contribution is -2.01. The monoisotopic (exact) mass is 191 g/mol. The molecule has 1 aromatic rings. The minimum Gasteiger partial charge on any atom is -0.488 e. The van der Waals surface area contributed by atoms with Crippen LogP contribution in [0.5, 0.6) is 5.75 Å². The van der Waals surface area contributed by atoms with Gasteiger partial charge in [0.1, 0.15) is 11.4 Å². The zero-order valence-corrected chi connectivity index (χ0v) is 7.47. The Morgan fingerprint density at radius 2 is 2.14 bits per heavy atom. The molecular formula is C10H9NO3. The summed E-state index contributed by atoms with van der Waals surface area (Å²) in [6.45, 7) is 0. The Kier molecular flexibility index (Phi) is 2.26. The molecule has 4 nitrogen and oxygen atoms in total. The van der Waals surface area contributed by atoms with Gasteiger partial charge >= 0.3 is 0 Å². The highest BCUT2D eigenvalue weighted by Gasteiger charge is 2.24. The Balaban J connectivity index is 2.28. The number of pyridine rings is 1. The molecule has 0 saturated heterocycles. The second-order valence-electron chi connectivity index (χ2n) is 3.20. The molecular weight excluding hydrogens is 182 g/mol. The summed E-state index contributed by atoms with van der Waals surface area (Å²) in [5.41, 5.74) is 0.629. The van der Waals surface area contributed by atoms with Gasteiger partial charge in [-0.25, -0.2) is 4.98 Å². The fourth-order valence-electron chi connectivity index (χ4n) is 1.10. The number of carbonyl (C=O) groups is 2. The summed E-state index contributed by atoms with van der Waals surface area (Å²) in [6.07, 6.45) is 4.96. The summed E-state index contributed by atoms with van der Waals surface area (Å²) in [4.78, 5) is 24.9. The Morgan fingerprint density at radius 1 is 1.36 bits per heavy atom. The largest absolute Gasteiger partial charge is 0.488 e. The first-order valence-electron chi connectivity index (χ1n) is 4.40. The summed E-state index contributed by atoms with van der Waals surface area (Å²) in [6, 6.07) is 1.43. The molecule has 0 spiro atoms. The number of hydrogen-bond donors (Lipinski definition) is 0. The first-order valence-corrected chi connectivity index (χ1v) is 4.40. The molecule has 0 atom stereocenters. The maximum Gasteiger partial charge on any atom is 0.168 e. The van der Waals surface area contributed by atoms with E-state index >= 15 is 0 Å². The van der Waals surface area contributed by atoms with E-state index in [1.807, 2.05) is 0 Å². The van der Waals surface area contributed by atoms with Crippen LogP contribution in [-0.2, 0) is 0 Å². The summed E-state index contributed by atoms with van der Waals surface area (Å²) in [5, 5.41) is 0. The van der Waals surface area contributed by atoms with Gasteiger partial charge in [0.25, 0.3) is 0 Å². The molecule has 1 aliphatic rings. The fraction of sp³-hybridized carbons (Fsp3) is 0.300. The smallest absolute Gasteiger partial charge is 0.168 e. The number of rotatable bonds is 4. The number of aldehydes is 2. The zero-order valence-electron chi connectivity index (χ0n) is 7.47. The van der Waals surface area contributed by atoms with Gasteiger partial charge in [0.15, 0.2) is 12.6 Å². The third-order valence-electron chi connectivity index (χ3n) is 1.98. The van der Waals surface area contributed by atoms with E-state index in [2.05, 4.69) is 4.98 Å². The van der Waals surface area contributed by atoms with E-state index in [1.54, 1.807) is 0 Å². The van der Waals surface area contributed by atoms with Gasteiger partial charge in [-0.3, -0.25) is 9.59 Å². The predicted molar refractivity (Wildman–Crippen MR) is 48.7 cm³/mol. The van der Waals surface area contributed by atoms with Crippen LogP contribution in [0.2, 0.25) is 0 Å². The van der Waals surface area contributed by atoms with Crippen LogP contribution in [0, 0.1) is 0 Å². The van der Waals surface area contributed by atoms with Crippen LogP contribution in [0.1, 0.15) is 33.7 Å². The van der Waals surface area contributed by atoms with Crippen molar-refractivity contribution in [2.75, 3.05) is 0 Å². The maximum atomic E-state index is 10.7. The molecule has 0 aromatic carbocycles. The van der Waals surface area contributed by atoms with Gasteiger partial charge in [0, 0.05) is 0 Å². The first kappa shape index (κ1) is 8.87. The summed E-state index contributed by atoms with van der Waals surface area (Å²) < 4.78 is 5.44. The van der Waals surface area contributed by atoms with Crippen LogP contribution in [0.15, 0.2) is 12.3 Å². The molecule has 1 aromatic heterocycles. The average molecular weight is 191 g/mol. The first-order chi connectivity index (χ1) is 6.83. The molecule has 72 valence electrons. The number of aromatic nitrogens is 1. The lowest BCUT2D eigenvalue weighted by Gasteiger charge is -2.05. The van der Waals surface area contributed by atoms with E-state index in [9.17, 15) is 9.59 Å².